The Balaban J connectivity index is 2.30. The predicted molar refractivity (Wildman–Crippen MR) is 83.4 cm³/mol. The van der Waals surface area contributed by atoms with Crippen LogP contribution in [0.4, 0.5) is 13.2 Å². The second kappa shape index (κ2) is 5.92. The Morgan fingerprint density at radius 2 is 2.00 bits per heavy atom. The molecule has 0 radical (unpaired) electrons. The molecule has 130 valence electrons. The fourth-order valence-electron chi connectivity index (χ4n) is 3.15. The zero-order valence-electron chi connectivity index (χ0n) is 13.5. The van der Waals surface area contributed by atoms with Gasteiger partial charge in [0, 0.05) is 17.2 Å². The third kappa shape index (κ3) is 2.76. The minimum atomic E-state index is -4.57. The molecule has 0 saturated carbocycles. The second-order valence-corrected chi connectivity index (χ2v) is 6.15. The van der Waals surface area contributed by atoms with Gasteiger partial charge in [0.05, 0.1) is 11.6 Å². The lowest BCUT2D eigenvalue weighted by Gasteiger charge is -2.30. The number of rotatable bonds is 2. The van der Waals surface area contributed by atoms with E-state index in [9.17, 15) is 18.4 Å². The number of aromatic amines is 1. The largest absolute Gasteiger partial charge is 0.422 e. The van der Waals surface area contributed by atoms with Gasteiger partial charge in [-0.15, -0.1) is 5.10 Å². The minimum Gasteiger partial charge on any atom is -0.422 e. The average molecular weight is 348 g/mol. The van der Waals surface area contributed by atoms with E-state index < -0.39 is 29.5 Å². The molecule has 0 saturated heterocycles. The fourth-order valence-corrected chi connectivity index (χ4v) is 3.15. The topological polar surface area (TPSA) is 85.5 Å². The maximum atomic E-state index is 13.5. The first-order chi connectivity index (χ1) is 11.8. The molecule has 0 bridgehead atoms. The Morgan fingerprint density at radius 1 is 1.32 bits per heavy atom. The first-order valence-electron chi connectivity index (χ1n) is 7.65. The van der Waals surface area contributed by atoms with Gasteiger partial charge < -0.3 is 4.74 Å². The summed E-state index contributed by atoms with van der Waals surface area (Å²) < 4.78 is 45.8. The van der Waals surface area contributed by atoms with Crippen molar-refractivity contribution in [1.82, 2.24) is 10.2 Å². The van der Waals surface area contributed by atoms with Crippen molar-refractivity contribution in [2.45, 2.75) is 31.9 Å². The molecular weight excluding hydrogens is 333 g/mol. The number of alkyl halides is 3. The van der Waals surface area contributed by atoms with Crippen molar-refractivity contribution < 1.29 is 17.9 Å². The summed E-state index contributed by atoms with van der Waals surface area (Å²) in [5, 5.41) is 24.2. The number of hydrogen-bond donors (Lipinski definition) is 2. The molecule has 2 atom stereocenters. The van der Waals surface area contributed by atoms with E-state index in [0.717, 1.165) is 6.07 Å². The van der Waals surface area contributed by atoms with Crippen LogP contribution in [0.2, 0.25) is 0 Å². The smallest absolute Gasteiger partial charge is 0.416 e. The molecule has 2 heterocycles. The lowest BCUT2D eigenvalue weighted by Crippen LogP contribution is -2.32. The van der Waals surface area contributed by atoms with Gasteiger partial charge in [0.25, 0.3) is 0 Å². The van der Waals surface area contributed by atoms with Gasteiger partial charge in [-0.05, 0) is 17.5 Å². The molecule has 3 rings (SSSR count). The Bertz CT molecular complexity index is 864. The second-order valence-electron chi connectivity index (χ2n) is 6.15. The van der Waals surface area contributed by atoms with Crippen molar-refractivity contribution >= 4 is 5.90 Å². The van der Waals surface area contributed by atoms with Crippen LogP contribution < -0.4 is 4.74 Å². The lowest BCUT2D eigenvalue weighted by molar-refractivity contribution is -0.138. The Hall–Kier alpha value is -2.82. The van der Waals surface area contributed by atoms with Crippen LogP contribution in [0.15, 0.2) is 24.3 Å². The highest BCUT2D eigenvalue weighted by molar-refractivity contribution is 5.85. The number of nitrogens with zero attached hydrogens (tertiary/aromatic N) is 2. The third-order valence-corrected chi connectivity index (χ3v) is 4.25. The van der Waals surface area contributed by atoms with Crippen molar-refractivity contribution in [2.75, 3.05) is 0 Å². The first kappa shape index (κ1) is 17.0. The number of aromatic nitrogens is 2. The number of halogens is 3. The number of nitriles is 1. The molecular formula is C17H15F3N4O. The summed E-state index contributed by atoms with van der Waals surface area (Å²) in [4.78, 5) is 0. The number of fused-ring (bicyclic) bond motifs is 1. The lowest BCUT2D eigenvalue weighted by atomic mass is 9.76. The Kier molecular flexibility index (Phi) is 4.03. The minimum absolute atomic E-state index is 0.0563. The van der Waals surface area contributed by atoms with E-state index in [1.807, 2.05) is 19.9 Å². The van der Waals surface area contributed by atoms with Crippen molar-refractivity contribution in [2.24, 2.45) is 5.92 Å². The van der Waals surface area contributed by atoms with Crippen molar-refractivity contribution in [1.29, 1.82) is 10.7 Å². The fraction of sp³-hybridized carbons (Fsp3) is 0.353. The Morgan fingerprint density at radius 3 is 2.60 bits per heavy atom. The van der Waals surface area contributed by atoms with E-state index in [-0.39, 0.29) is 17.4 Å². The van der Waals surface area contributed by atoms with E-state index >= 15 is 0 Å². The summed E-state index contributed by atoms with van der Waals surface area (Å²) in [6.07, 6.45) is -4.57. The average Bonchev–Trinajstić information content (AvgIpc) is 2.96. The van der Waals surface area contributed by atoms with Gasteiger partial charge in [-0.2, -0.15) is 18.4 Å². The highest BCUT2D eigenvalue weighted by Crippen LogP contribution is 2.47. The summed E-state index contributed by atoms with van der Waals surface area (Å²) in [5.74, 6) is -2.55. The molecule has 0 spiro atoms. The van der Waals surface area contributed by atoms with Gasteiger partial charge >= 0.3 is 6.18 Å². The van der Waals surface area contributed by atoms with Crippen molar-refractivity contribution in [3.8, 4) is 11.9 Å². The van der Waals surface area contributed by atoms with Crippen LogP contribution >= 0.6 is 0 Å². The van der Waals surface area contributed by atoms with Crippen LogP contribution in [-0.4, -0.2) is 16.1 Å². The van der Waals surface area contributed by atoms with E-state index in [4.69, 9.17) is 10.1 Å². The standard InChI is InChI=1S/C17H15F3N4O/c1-8(2)14-13-12(9-5-3-4-6-11(9)17(18,19)20)10(7-21)15(22)25-16(13)24-23-14/h3-6,8,10,12,22H,1-2H3,(H,23,24). The molecule has 0 amide bonds. The van der Waals surface area contributed by atoms with Gasteiger partial charge in [0.2, 0.25) is 11.8 Å². The maximum absolute atomic E-state index is 13.5. The molecule has 0 fully saturated rings. The molecule has 5 nitrogen and oxygen atoms in total. The summed E-state index contributed by atoms with van der Waals surface area (Å²) in [6.45, 7) is 3.73. The van der Waals surface area contributed by atoms with Gasteiger partial charge in [-0.25, -0.2) is 0 Å². The van der Waals surface area contributed by atoms with Gasteiger partial charge in [0.15, 0.2) is 0 Å². The molecule has 1 aliphatic rings. The van der Waals surface area contributed by atoms with E-state index in [1.165, 1.54) is 18.2 Å². The highest BCUT2D eigenvalue weighted by Gasteiger charge is 2.44. The van der Waals surface area contributed by atoms with Crippen molar-refractivity contribution in [3.63, 3.8) is 0 Å². The van der Waals surface area contributed by atoms with E-state index in [2.05, 4.69) is 10.2 Å². The number of benzene rings is 1. The molecule has 1 aromatic carbocycles. The molecule has 2 aromatic rings. The van der Waals surface area contributed by atoms with Gasteiger partial charge in [-0.3, -0.25) is 10.5 Å². The predicted octanol–water partition coefficient (Wildman–Crippen LogP) is 4.19. The van der Waals surface area contributed by atoms with Gasteiger partial charge in [0.1, 0.15) is 5.92 Å². The zero-order valence-corrected chi connectivity index (χ0v) is 13.5. The normalized spacial score (nSPS) is 20.1. The van der Waals surface area contributed by atoms with Crippen LogP contribution in [0, 0.1) is 22.7 Å². The monoisotopic (exact) mass is 348 g/mol. The molecule has 2 unspecified atom stereocenters. The number of hydrogen-bond acceptors (Lipinski definition) is 4. The first-order valence-corrected chi connectivity index (χ1v) is 7.65. The van der Waals surface area contributed by atoms with Crippen LogP contribution in [0.5, 0.6) is 5.88 Å². The van der Waals surface area contributed by atoms with Crippen LogP contribution in [0.1, 0.15) is 48.1 Å². The Labute approximate surface area is 141 Å². The number of H-pyrrole nitrogens is 1. The molecule has 1 aromatic heterocycles. The van der Waals surface area contributed by atoms with E-state index in [1.54, 1.807) is 0 Å². The quantitative estimate of drug-likeness (QED) is 0.853. The van der Waals surface area contributed by atoms with Gasteiger partial charge in [-0.1, -0.05) is 32.0 Å². The molecule has 25 heavy (non-hydrogen) atoms. The summed E-state index contributed by atoms with van der Waals surface area (Å²) in [6, 6.07) is 7.04. The van der Waals surface area contributed by atoms with Crippen LogP contribution in [-0.2, 0) is 6.18 Å². The number of ether oxygens (including phenoxy) is 1. The number of nitrogens with one attached hydrogen (secondary N) is 2. The summed E-state index contributed by atoms with van der Waals surface area (Å²) in [5.41, 5.74) is 0.134. The maximum Gasteiger partial charge on any atom is 0.416 e. The summed E-state index contributed by atoms with van der Waals surface area (Å²) in [7, 11) is 0. The highest BCUT2D eigenvalue weighted by atomic mass is 19.4. The molecule has 1 aliphatic heterocycles. The van der Waals surface area contributed by atoms with E-state index in [0.29, 0.717) is 11.3 Å². The molecule has 0 aliphatic carbocycles. The van der Waals surface area contributed by atoms with Crippen molar-refractivity contribution in [3.05, 3.63) is 46.6 Å². The summed E-state index contributed by atoms with van der Waals surface area (Å²) >= 11 is 0. The SMILES string of the molecule is CC(C)c1[nH]nc2c1C(c1ccccc1C(F)(F)F)C(C#N)C(=N)O2. The van der Waals surface area contributed by atoms with Crippen LogP contribution in [0.25, 0.3) is 0 Å². The molecule has 2 N–H and O–H groups in total. The molecule has 8 heteroatoms. The zero-order chi connectivity index (χ0) is 18.4. The third-order valence-electron chi connectivity index (χ3n) is 4.25. The van der Waals surface area contributed by atoms with Crippen LogP contribution in [0.3, 0.4) is 0 Å².